The fraction of sp³-hybridized carbons (Fsp3) is 0.333. The van der Waals surface area contributed by atoms with Crippen LogP contribution in [0.25, 0.3) is 0 Å². The number of thioether (sulfide) groups is 1. The van der Waals surface area contributed by atoms with Crippen molar-refractivity contribution in [1.82, 2.24) is 0 Å². The molecule has 0 N–H and O–H groups in total. The SMILES string of the molecule is CCC(Sc1ccccc1)=C(C)C. The summed E-state index contributed by atoms with van der Waals surface area (Å²) in [5.74, 6) is 0. The zero-order valence-electron chi connectivity index (χ0n) is 8.50. The number of hydrogen-bond donors (Lipinski definition) is 0. The first-order valence-corrected chi connectivity index (χ1v) is 5.45. The molecular formula is C12H16S. The summed E-state index contributed by atoms with van der Waals surface area (Å²) in [4.78, 5) is 2.81. The van der Waals surface area contributed by atoms with Crippen LogP contribution < -0.4 is 0 Å². The van der Waals surface area contributed by atoms with E-state index in [0.29, 0.717) is 0 Å². The summed E-state index contributed by atoms with van der Waals surface area (Å²) in [5, 5.41) is 0. The lowest BCUT2D eigenvalue weighted by molar-refractivity contribution is 1.15. The molecule has 0 saturated carbocycles. The van der Waals surface area contributed by atoms with Crippen LogP contribution in [0.5, 0.6) is 0 Å². The molecule has 1 aromatic rings. The Balaban J connectivity index is 2.74. The molecule has 0 aliphatic carbocycles. The highest BCUT2D eigenvalue weighted by Crippen LogP contribution is 2.30. The molecule has 0 aromatic heterocycles. The van der Waals surface area contributed by atoms with Gasteiger partial charge in [-0.3, -0.25) is 0 Å². The highest BCUT2D eigenvalue weighted by molar-refractivity contribution is 8.03. The van der Waals surface area contributed by atoms with Gasteiger partial charge >= 0.3 is 0 Å². The second-order valence-electron chi connectivity index (χ2n) is 3.19. The Kier molecular flexibility index (Phi) is 4.10. The lowest BCUT2D eigenvalue weighted by atomic mass is 10.3. The maximum Gasteiger partial charge on any atom is 0.0119 e. The van der Waals surface area contributed by atoms with Crippen molar-refractivity contribution < 1.29 is 0 Å². The molecule has 0 radical (unpaired) electrons. The van der Waals surface area contributed by atoms with E-state index in [0.717, 1.165) is 6.42 Å². The van der Waals surface area contributed by atoms with Gasteiger partial charge in [-0.25, -0.2) is 0 Å². The second-order valence-corrected chi connectivity index (χ2v) is 4.36. The maximum absolute atomic E-state index is 2.21. The van der Waals surface area contributed by atoms with Crippen LogP contribution in [0.4, 0.5) is 0 Å². The van der Waals surface area contributed by atoms with Gasteiger partial charge in [-0.1, -0.05) is 42.5 Å². The Morgan fingerprint density at radius 3 is 2.23 bits per heavy atom. The van der Waals surface area contributed by atoms with E-state index in [9.17, 15) is 0 Å². The van der Waals surface area contributed by atoms with Gasteiger partial charge in [0, 0.05) is 4.90 Å². The molecule has 0 spiro atoms. The van der Waals surface area contributed by atoms with Gasteiger partial charge in [0.2, 0.25) is 0 Å². The molecule has 0 amide bonds. The fourth-order valence-corrected chi connectivity index (χ4v) is 2.08. The van der Waals surface area contributed by atoms with E-state index in [2.05, 4.69) is 51.1 Å². The van der Waals surface area contributed by atoms with Crippen LogP contribution in [-0.2, 0) is 0 Å². The summed E-state index contributed by atoms with van der Waals surface area (Å²) in [7, 11) is 0. The molecule has 1 rings (SSSR count). The summed E-state index contributed by atoms with van der Waals surface area (Å²) in [6.45, 7) is 6.56. The summed E-state index contributed by atoms with van der Waals surface area (Å²) in [6, 6.07) is 10.5. The Bertz CT molecular complexity index is 281. The highest BCUT2D eigenvalue weighted by atomic mass is 32.2. The number of hydrogen-bond acceptors (Lipinski definition) is 1. The topological polar surface area (TPSA) is 0 Å². The quantitative estimate of drug-likeness (QED) is 0.636. The molecule has 0 nitrogen and oxygen atoms in total. The second kappa shape index (κ2) is 5.13. The number of rotatable bonds is 3. The molecule has 0 aliphatic rings. The number of allylic oxidation sites excluding steroid dienone is 2. The Labute approximate surface area is 85.1 Å². The molecular weight excluding hydrogens is 176 g/mol. The first-order chi connectivity index (χ1) is 6.24. The van der Waals surface area contributed by atoms with Gasteiger partial charge in [-0.05, 0) is 37.3 Å². The predicted octanol–water partition coefficient (Wildman–Crippen LogP) is 4.48. The van der Waals surface area contributed by atoms with E-state index in [4.69, 9.17) is 0 Å². The molecule has 13 heavy (non-hydrogen) atoms. The van der Waals surface area contributed by atoms with Crippen LogP contribution in [0.1, 0.15) is 27.2 Å². The fourth-order valence-electron chi connectivity index (χ4n) is 1.16. The van der Waals surface area contributed by atoms with Crippen molar-refractivity contribution in [2.45, 2.75) is 32.1 Å². The minimum absolute atomic E-state index is 1.13. The molecule has 0 fully saturated rings. The van der Waals surface area contributed by atoms with Crippen LogP contribution in [0, 0.1) is 0 Å². The van der Waals surface area contributed by atoms with E-state index in [1.54, 1.807) is 0 Å². The first-order valence-electron chi connectivity index (χ1n) is 4.63. The van der Waals surface area contributed by atoms with Gasteiger partial charge in [-0.15, -0.1) is 0 Å². The zero-order valence-corrected chi connectivity index (χ0v) is 9.32. The van der Waals surface area contributed by atoms with Gasteiger partial charge < -0.3 is 0 Å². The third kappa shape index (κ3) is 3.27. The average Bonchev–Trinajstić information content (AvgIpc) is 2.15. The average molecular weight is 192 g/mol. The Morgan fingerprint density at radius 1 is 1.15 bits per heavy atom. The van der Waals surface area contributed by atoms with Crippen molar-refractivity contribution in [3.8, 4) is 0 Å². The lowest BCUT2D eigenvalue weighted by Crippen LogP contribution is -1.79. The predicted molar refractivity (Wildman–Crippen MR) is 61.0 cm³/mol. The van der Waals surface area contributed by atoms with Crippen LogP contribution >= 0.6 is 11.8 Å². The van der Waals surface area contributed by atoms with Gasteiger partial charge in [0.05, 0.1) is 0 Å². The van der Waals surface area contributed by atoms with E-state index < -0.39 is 0 Å². The van der Waals surface area contributed by atoms with Crippen LogP contribution in [0.3, 0.4) is 0 Å². The van der Waals surface area contributed by atoms with Crippen molar-refractivity contribution in [3.63, 3.8) is 0 Å². The summed E-state index contributed by atoms with van der Waals surface area (Å²) < 4.78 is 0. The van der Waals surface area contributed by atoms with E-state index >= 15 is 0 Å². The molecule has 0 atom stereocenters. The van der Waals surface area contributed by atoms with Gasteiger partial charge in [0.1, 0.15) is 0 Å². The molecule has 70 valence electrons. The molecule has 0 heterocycles. The van der Waals surface area contributed by atoms with E-state index in [-0.39, 0.29) is 0 Å². The molecule has 1 aromatic carbocycles. The van der Waals surface area contributed by atoms with Crippen molar-refractivity contribution in [3.05, 3.63) is 40.8 Å². The molecule has 0 unspecified atom stereocenters. The summed E-state index contributed by atoms with van der Waals surface area (Å²) >= 11 is 1.88. The largest absolute Gasteiger partial charge is 0.0946 e. The van der Waals surface area contributed by atoms with Gasteiger partial charge in [-0.2, -0.15) is 0 Å². The molecule has 0 bridgehead atoms. The van der Waals surface area contributed by atoms with Crippen molar-refractivity contribution in [2.75, 3.05) is 0 Å². The zero-order chi connectivity index (χ0) is 9.68. The van der Waals surface area contributed by atoms with Crippen LogP contribution in [0.2, 0.25) is 0 Å². The lowest BCUT2D eigenvalue weighted by Gasteiger charge is -2.06. The van der Waals surface area contributed by atoms with Crippen molar-refractivity contribution in [1.29, 1.82) is 0 Å². The smallest absolute Gasteiger partial charge is 0.0119 e. The monoisotopic (exact) mass is 192 g/mol. The Hall–Kier alpha value is -0.690. The highest BCUT2D eigenvalue weighted by Gasteiger charge is 1.99. The van der Waals surface area contributed by atoms with Crippen molar-refractivity contribution in [2.24, 2.45) is 0 Å². The van der Waals surface area contributed by atoms with Gasteiger partial charge in [0.15, 0.2) is 0 Å². The normalized spacial score (nSPS) is 9.77. The van der Waals surface area contributed by atoms with Crippen LogP contribution in [-0.4, -0.2) is 0 Å². The third-order valence-electron chi connectivity index (χ3n) is 1.86. The van der Waals surface area contributed by atoms with E-state index in [1.807, 2.05) is 11.8 Å². The van der Waals surface area contributed by atoms with Gasteiger partial charge in [0.25, 0.3) is 0 Å². The molecule has 1 heteroatoms. The minimum Gasteiger partial charge on any atom is -0.0946 e. The molecule has 0 saturated heterocycles. The van der Waals surface area contributed by atoms with Crippen molar-refractivity contribution >= 4 is 11.8 Å². The molecule has 0 aliphatic heterocycles. The summed E-state index contributed by atoms with van der Waals surface area (Å²) in [5.41, 5.74) is 1.43. The van der Waals surface area contributed by atoms with E-state index in [1.165, 1.54) is 15.4 Å². The standard InChI is InChI=1S/C12H16S/c1-4-12(10(2)3)13-11-8-6-5-7-9-11/h5-9H,4H2,1-3H3. The minimum atomic E-state index is 1.13. The number of benzene rings is 1. The first kappa shape index (κ1) is 10.4. The summed E-state index contributed by atoms with van der Waals surface area (Å²) in [6.07, 6.45) is 1.13. The third-order valence-corrected chi connectivity index (χ3v) is 3.31. The van der Waals surface area contributed by atoms with Crippen LogP contribution in [0.15, 0.2) is 45.7 Å². The maximum atomic E-state index is 2.21. The Morgan fingerprint density at radius 2 is 1.77 bits per heavy atom.